The average Bonchev–Trinajstić information content (AvgIpc) is 1.99. The fraction of sp³-hybridized carbons (Fsp3) is 1.00. The molecule has 1 fully saturated rings. The van der Waals surface area contributed by atoms with Crippen molar-refractivity contribution in [2.24, 2.45) is 5.41 Å². The smallest absolute Gasteiger partial charge is 0.00997 e. The van der Waals surface area contributed by atoms with Gasteiger partial charge in [-0.25, -0.2) is 0 Å². The largest absolute Gasteiger partial charge is 0.306 e. The molecule has 0 heterocycles. The van der Waals surface area contributed by atoms with Crippen molar-refractivity contribution in [3.63, 3.8) is 0 Å². The molecule has 1 aliphatic rings. The molecular formula is C12H25N. The molecule has 1 nitrogen and oxygen atoms in total. The highest BCUT2D eigenvalue weighted by Gasteiger charge is 2.43. The van der Waals surface area contributed by atoms with Crippen LogP contribution in [0.25, 0.3) is 0 Å². The van der Waals surface area contributed by atoms with Gasteiger partial charge in [0.15, 0.2) is 0 Å². The van der Waals surface area contributed by atoms with Crippen LogP contribution in [0.3, 0.4) is 0 Å². The normalized spacial score (nSPS) is 21.9. The molecule has 1 aliphatic carbocycles. The van der Waals surface area contributed by atoms with Crippen LogP contribution in [0.15, 0.2) is 0 Å². The highest BCUT2D eigenvalue weighted by atomic mass is 15.1. The van der Waals surface area contributed by atoms with Crippen molar-refractivity contribution < 1.29 is 0 Å². The standard InChI is InChI=1S/C12H25N/c1-5-7-12(8-6-2)9-11(10-12)13(3)4/h11H,5-10H2,1-4H3. The Bertz CT molecular complexity index is 137. The maximum absolute atomic E-state index is 2.39. The fourth-order valence-electron chi connectivity index (χ4n) is 2.90. The highest BCUT2D eigenvalue weighted by molar-refractivity contribution is 4.96. The van der Waals surface area contributed by atoms with E-state index in [4.69, 9.17) is 0 Å². The molecule has 0 amide bonds. The molecule has 1 rings (SSSR count). The highest BCUT2D eigenvalue weighted by Crippen LogP contribution is 2.49. The van der Waals surface area contributed by atoms with Crippen molar-refractivity contribution in [1.29, 1.82) is 0 Å². The summed E-state index contributed by atoms with van der Waals surface area (Å²) in [6.45, 7) is 4.64. The third-order valence-corrected chi connectivity index (χ3v) is 3.63. The molecule has 1 heteroatoms. The predicted molar refractivity (Wildman–Crippen MR) is 59.0 cm³/mol. The van der Waals surface area contributed by atoms with Crippen LogP contribution in [0.5, 0.6) is 0 Å². The molecule has 0 bridgehead atoms. The molecular weight excluding hydrogens is 158 g/mol. The molecule has 0 spiro atoms. The summed E-state index contributed by atoms with van der Waals surface area (Å²) < 4.78 is 0. The Morgan fingerprint density at radius 2 is 1.54 bits per heavy atom. The molecule has 0 radical (unpaired) electrons. The van der Waals surface area contributed by atoms with E-state index in [0.717, 1.165) is 11.5 Å². The zero-order chi connectivity index (χ0) is 9.90. The lowest BCUT2D eigenvalue weighted by atomic mass is 9.60. The van der Waals surface area contributed by atoms with Gasteiger partial charge in [0, 0.05) is 6.04 Å². The molecule has 0 unspecified atom stereocenters. The second-order valence-corrected chi connectivity index (χ2v) is 5.03. The minimum atomic E-state index is 0.735. The Kier molecular flexibility index (Phi) is 3.78. The Morgan fingerprint density at radius 1 is 1.08 bits per heavy atom. The maximum Gasteiger partial charge on any atom is 0.00997 e. The summed E-state index contributed by atoms with van der Waals surface area (Å²) in [6, 6.07) is 0.873. The number of hydrogen-bond acceptors (Lipinski definition) is 1. The fourth-order valence-corrected chi connectivity index (χ4v) is 2.90. The SMILES string of the molecule is CCCC1(CCC)CC(N(C)C)C1. The van der Waals surface area contributed by atoms with Crippen LogP contribution in [0, 0.1) is 5.41 Å². The van der Waals surface area contributed by atoms with E-state index in [9.17, 15) is 0 Å². The number of nitrogens with zero attached hydrogens (tertiary/aromatic N) is 1. The zero-order valence-electron chi connectivity index (χ0n) is 9.77. The van der Waals surface area contributed by atoms with Crippen LogP contribution >= 0.6 is 0 Å². The molecule has 0 aromatic heterocycles. The van der Waals surface area contributed by atoms with Gasteiger partial charge >= 0.3 is 0 Å². The summed E-state index contributed by atoms with van der Waals surface area (Å²) in [5, 5.41) is 0. The second-order valence-electron chi connectivity index (χ2n) is 5.03. The van der Waals surface area contributed by atoms with Crippen molar-refractivity contribution in [2.45, 2.75) is 58.4 Å². The Balaban J connectivity index is 2.38. The van der Waals surface area contributed by atoms with E-state index in [1.165, 1.54) is 38.5 Å². The van der Waals surface area contributed by atoms with Crippen LogP contribution in [0.1, 0.15) is 52.4 Å². The van der Waals surface area contributed by atoms with Gasteiger partial charge in [0.05, 0.1) is 0 Å². The lowest BCUT2D eigenvalue weighted by Gasteiger charge is -2.51. The van der Waals surface area contributed by atoms with Crippen molar-refractivity contribution in [3.8, 4) is 0 Å². The van der Waals surface area contributed by atoms with Gasteiger partial charge in [-0.2, -0.15) is 0 Å². The molecule has 0 aliphatic heterocycles. The van der Waals surface area contributed by atoms with Gasteiger partial charge in [-0.05, 0) is 45.2 Å². The van der Waals surface area contributed by atoms with Gasteiger partial charge in [-0.15, -0.1) is 0 Å². The van der Waals surface area contributed by atoms with E-state index in [1.54, 1.807) is 0 Å². The average molecular weight is 183 g/mol. The predicted octanol–water partition coefficient (Wildman–Crippen LogP) is 3.30. The van der Waals surface area contributed by atoms with Gasteiger partial charge in [0.2, 0.25) is 0 Å². The summed E-state index contributed by atoms with van der Waals surface area (Å²) in [4.78, 5) is 2.39. The quantitative estimate of drug-likeness (QED) is 0.632. The van der Waals surface area contributed by atoms with Crippen LogP contribution < -0.4 is 0 Å². The lowest BCUT2D eigenvalue weighted by Crippen LogP contribution is -2.48. The number of rotatable bonds is 5. The first-order valence-corrected chi connectivity index (χ1v) is 5.80. The Morgan fingerprint density at radius 3 is 1.85 bits per heavy atom. The summed E-state index contributed by atoms with van der Waals surface area (Å²) in [6.07, 6.45) is 8.51. The number of hydrogen-bond donors (Lipinski definition) is 0. The first kappa shape index (κ1) is 11.0. The third kappa shape index (κ3) is 2.46. The second kappa shape index (κ2) is 4.45. The van der Waals surface area contributed by atoms with E-state index in [-0.39, 0.29) is 0 Å². The summed E-state index contributed by atoms with van der Waals surface area (Å²) in [5.41, 5.74) is 0.735. The molecule has 78 valence electrons. The van der Waals surface area contributed by atoms with Crippen molar-refractivity contribution in [3.05, 3.63) is 0 Å². The summed E-state index contributed by atoms with van der Waals surface area (Å²) >= 11 is 0. The zero-order valence-corrected chi connectivity index (χ0v) is 9.77. The monoisotopic (exact) mass is 183 g/mol. The van der Waals surface area contributed by atoms with E-state index in [1.807, 2.05) is 0 Å². The Hall–Kier alpha value is -0.0400. The summed E-state index contributed by atoms with van der Waals surface area (Å²) in [5.74, 6) is 0. The van der Waals surface area contributed by atoms with Gasteiger partial charge in [-0.1, -0.05) is 26.7 Å². The van der Waals surface area contributed by atoms with Gasteiger partial charge in [0.1, 0.15) is 0 Å². The summed E-state index contributed by atoms with van der Waals surface area (Å²) in [7, 11) is 4.43. The third-order valence-electron chi connectivity index (χ3n) is 3.63. The lowest BCUT2D eigenvalue weighted by molar-refractivity contribution is 0.00914. The first-order chi connectivity index (χ1) is 6.13. The molecule has 0 aromatic carbocycles. The molecule has 0 N–H and O–H groups in total. The van der Waals surface area contributed by atoms with Gasteiger partial charge in [-0.3, -0.25) is 0 Å². The van der Waals surface area contributed by atoms with Gasteiger partial charge < -0.3 is 4.90 Å². The minimum Gasteiger partial charge on any atom is -0.306 e. The van der Waals surface area contributed by atoms with Crippen LogP contribution in [-0.4, -0.2) is 25.0 Å². The Labute approximate surface area is 83.5 Å². The molecule has 0 saturated heterocycles. The first-order valence-electron chi connectivity index (χ1n) is 5.80. The molecule has 1 saturated carbocycles. The maximum atomic E-state index is 2.39. The molecule has 0 aromatic rings. The molecule has 13 heavy (non-hydrogen) atoms. The van der Waals surface area contributed by atoms with Crippen LogP contribution in [0.4, 0.5) is 0 Å². The van der Waals surface area contributed by atoms with Crippen molar-refractivity contribution in [1.82, 2.24) is 4.90 Å². The van der Waals surface area contributed by atoms with Crippen LogP contribution in [0.2, 0.25) is 0 Å². The topological polar surface area (TPSA) is 3.24 Å². The van der Waals surface area contributed by atoms with E-state index >= 15 is 0 Å². The van der Waals surface area contributed by atoms with Crippen molar-refractivity contribution >= 4 is 0 Å². The van der Waals surface area contributed by atoms with E-state index < -0.39 is 0 Å². The van der Waals surface area contributed by atoms with E-state index in [0.29, 0.717) is 0 Å². The van der Waals surface area contributed by atoms with Gasteiger partial charge in [0.25, 0.3) is 0 Å². The minimum absolute atomic E-state index is 0.735. The molecule has 0 atom stereocenters. The van der Waals surface area contributed by atoms with Crippen LogP contribution in [-0.2, 0) is 0 Å². The van der Waals surface area contributed by atoms with Crippen molar-refractivity contribution in [2.75, 3.05) is 14.1 Å². The van der Waals surface area contributed by atoms with E-state index in [2.05, 4.69) is 32.8 Å².